The molecule has 0 amide bonds. The van der Waals surface area contributed by atoms with Crippen molar-refractivity contribution in [2.75, 3.05) is 0 Å². The van der Waals surface area contributed by atoms with E-state index in [-0.39, 0.29) is 22.1 Å². The second-order valence-electron chi connectivity index (χ2n) is 6.84. The first-order chi connectivity index (χ1) is 12.8. The Balaban J connectivity index is 1.86. The lowest BCUT2D eigenvalue weighted by atomic mass is 10.2. The van der Waals surface area contributed by atoms with Crippen LogP contribution in [0.5, 0.6) is 0 Å². The van der Waals surface area contributed by atoms with E-state index in [2.05, 4.69) is 15.1 Å². The zero-order chi connectivity index (χ0) is 19.7. The highest BCUT2D eigenvalue weighted by Gasteiger charge is 2.25. The quantitative estimate of drug-likeness (QED) is 0.673. The minimum Gasteiger partial charge on any atom is -0.451 e. The molecule has 0 saturated carbocycles. The first-order valence-corrected chi connectivity index (χ1v) is 9.08. The van der Waals surface area contributed by atoms with Crippen molar-refractivity contribution >= 4 is 28.5 Å². The van der Waals surface area contributed by atoms with Crippen LogP contribution in [0, 0.1) is 12.8 Å². The number of nitrogens with one attached hydrogen (secondary N) is 1. The molecule has 2 heterocycles. The summed E-state index contributed by atoms with van der Waals surface area (Å²) in [5.74, 6) is 0.00248. The number of benzene rings is 1. The highest BCUT2D eigenvalue weighted by molar-refractivity contribution is 6.32. The van der Waals surface area contributed by atoms with Gasteiger partial charge in [-0.15, -0.1) is 0 Å². The van der Waals surface area contributed by atoms with Gasteiger partial charge in [-0.25, -0.2) is 9.78 Å². The fraction of sp³-hybridized carbons (Fsp3) is 0.368. The van der Waals surface area contributed by atoms with E-state index < -0.39 is 12.1 Å². The van der Waals surface area contributed by atoms with Gasteiger partial charge in [-0.3, -0.25) is 9.48 Å². The maximum absolute atomic E-state index is 12.6. The van der Waals surface area contributed by atoms with Crippen molar-refractivity contribution in [1.82, 2.24) is 19.7 Å². The molecular formula is C19H21ClN4O3. The van der Waals surface area contributed by atoms with Gasteiger partial charge < -0.3 is 9.72 Å². The Kier molecular flexibility index (Phi) is 5.32. The Bertz CT molecular complexity index is 1050. The number of hydrogen-bond acceptors (Lipinski definition) is 5. The summed E-state index contributed by atoms with van der Waals surface area (Å²) in [6.45, 7) is 8.03. The number of aryl methyl sites for hydroxylation is 1. The molecule has 3 rings (SSSR count). The topological polar surface area (TPSA) is 89.9 Å². The lowest BCUT2D eigenvalue weighted by Gasteiger charge is -2.13. The maximum Gasteiger partial charge on any atom is 0.343 e. The molecule has 0 unspecified atom stereocenters. The number of halogens is 1. The number of aromatic nitrogens is 4. The standard InChI is InChI=1S/C19H21ClN4O3/c1-10(2)9-24-16(20)15(11(3)23-24)19(26)27-12(4)17-21-14-8-6-5-7-13(14)18(25)22-17/h5-8,10,12H,9H2,1-4H3,(H,21,22,25)/t12-/m0/s1. The number of nitrogens with zero attached hydrogens (tertiary/aromatic N) is 3. The van der Waals surface area contributed by atoms with Gasteiger partial charge in [-0.1, -0.05) is 37.6 Å². The minimum atomic E-state index is -0.751. The number of fused-ring (bicyclic) bond motifs is 1. The van der Waals surface area contributed by atoms with Crippen molar-refractivity contribution in [3.8, 4) is 0 Å². The van der Waals surface area contributed by atoms with Crippen molar-refractivity contribution in [1.29, 1.82) is 0 Å². The van der Waals surface area contributed by atoms with Crippen LogP contribution in [0.2, 0.25) is 5.15 Å². The van der Waals surface area contributed by atoms with Gasteiger partial charge in [0.25, 0.3) is 5.56 Å². The molecule has 142 valence electrons. The summed E-state index contributed by atoms with van der Waals surface area (Å²) < 4.78 is 7.09. The average molecular weight is 389 g/mol. The van der Waals surface area contributed by atoms with Gasteiger partial charge in [0.15, 0.2) is 11.9 Å². The predicted molar refractivity (Wildman–Crippen MR) is 103 cm³/mol. The maximum atomic E-state index is 12.6. The molecule has 7 nitrogen and oxygen atoms in total. The predicted octanol–water partition coefficient (Wildman–Crippen LogP) is 3.66. The SMILES string of the molecule is Cc1nn(CC(C)C)c(Cl)c1C(=O)O[C@@H](C)c1nc2ccccc2c(=O)[nH]1. The molecule has 8 heteroatoms. The van der Waals surface area contributed by atoms with Crippen LogP contribution in [-0.4, -0.2) is 25.7 Å². The van der Waals surface area contributed by atoms with Crippen LogP contribution in [-0.2, 0) is 11.3 Å². The smallest absolute Gasteiger partial charge is 0.343 e. The summed E-state index contributed by atoms with van der Waals surface area (Å²) >= 11 is 6.33. The van der Waals surface area contributed by atoms with Crippen molar-refractivity contribution < 1.29 is 9.53 Å². The first kappa shape index (κ1) is 19.1. The first-order valence-electron chi connectivity index (χ1n) is 8.70. The number of hydrogen-bond donors (Lipinski definition) is 1. The number of rotatable bonds is 5. The third kappa shape index (κ3) is 3.88. The van der Waals surface area contributed by atoms with Gasteiger partial charge in [0.2, 0.25) is 0 Å². The molecule has 0 aliphatic rings. The number of para-hydroxylation sites is 1. The van der Waals surface area contributed by atoms with Crippen molar-refractivity contribution in [3.05, 3.63) is 56.9 Å². The molecular weight excluding hydrogens is 368 g/mol. The normalized spacial score (nSPS) is 12.5. The van der Waals surface area contributed by atoms with Crippen LogP contribution in [0.3, 0.4) is 0 Å². The van der Waals surface area contributed by atoms with E-state index in [1.165, 1.54) is 0 Å². The van der Waals surface area contributed by atoms with E-state index in [0.29, 0.717) is 29.1 Å². The van der Waals surface area contributed by atoms with E-state index in [9.17, 15) is 9.59 Å². The van der Waals surface area contributed by atoms with E-state index in [0.717, 1.165) is 0 Å². The fourth-order valence-electron chi connectivity index (χ4n) is 2.82. The van der Waals surface area contributed by atoms with Gasteiger partial charge in [-0.05, 0) is 31.9 Å². The molecule has 2 aromatic heterocycles. The Morgan fingerprint density at radius 2 is 2.00 bits per heavy atom. The van der Waals surface area contributed by atoms with Crippen LogP contribution in [0.15, 0.2) is 29.1 Å². The highest BCUT2D eigenvalue weighted by atomic mass is 35.5. The van der Waals surface area contributed by atoms with Gasteiger partial charge in [0.1, 0.15) is 10.7 Å². The lowest BCUT2D eigenvalue weighted by Crippen LogP contribution is -2.18. The Morgan fingerprint density at radius 1 is 1.30 bits per heavy atom. The summed E-state index contributed by atoms with van der Waals surface area (Å²) in [5.41, 5.74) is 0.987. The summed E-state index contributed by atoms with van der Waals surface area (Å²) in [4.78, 5) is 31.9. The van der Waals surface area contributed by atoms with Gasteiger partial charge in [-0.2, -0.15) is 5.10 Å². The van der Waals surface area contributed by atoms with Crippen molar-refractivity contribution in [2.24, 2.45) is 5.92 Å². The molecule has 3 aromatic rings. The summed E-state index contributed by atoms with van der Waals surface area (Å²) in [7, 11) is 0. The molecule has 1 aromatic carbocycles. The third-order valence-electron chi connectivity index (χ3n) is 4.11. The number of carbonyl (C=O) groups excluding carboxylic acids is 1. The Labute approximate surface area is 161 Å². The second kappa shape index (κ2) is 7.52. The van der Waals surface area contributed by atoms with Crippen LogP contribution >= 0.6 is 11.6 Å². The average Bonchev–Trinajstić information content (AvgIpc) is 2.87. The largest absolute Gasteiger partial charge is 0.451 e. The number of ether oxygens (including phenoxy) is 1. The van der Waals surface area contributed by atoms with Gasteiger partial charge in [0.05, 0.1) is 16.6 Å². The van der Waals surface area contributed by atoms with Gasteiger partial charge in [0, 0.05) is 6.54 Å². The van der Waals surface area contributed by atoms with E-state index in [1.54, 1.807) is 42.8 Å². The van der Waals surface area contributed by atoms with Crippen LogP contribution in [0.25, 0.3) is 10.9 Å². The van der Waals surface area contributed by atoms with Crippen molar-refractivity contribution in [3.63, 3.8) is 0 Å². The number of esters is 1. The van der Waals surface area contributed by atoms with E-state index >= 15 is 0 Å². The summed E-state index contributed by atoms with van der Waals surface area (Å²) in [6, 6.07) is 6.98. The highest BCUT2D eigenvalue weighted by Crippen LogP contribution is 2.24. The van der Waals surface area contributed by atoms with E-state index in [4.69, 9.17) is 16.3 Å². The molecule has 0 spiro atoms. The molecule has 0 fully saturated rings. The molecule has 27 heavy (non-hydrogen) atoms. The van der Waals surface area contributed by atoms with Crippen LogP contribution in [0.1, 0.15) is 48.8 Å². The Hall–Kier alpha value is -2.67. The number of H-pyrrole nitrogens is 1. The lowest BCUT2D eigenvalue weighted by molar-refractivity contribution is 0.0319. The molecule has 0 aliphatic heterocycles. The summed E-state index contributed by atoms with van der Waals surface area (Å²) in [6.07, 6.45) is -0.751. The summed E-state index contributed by atoms with van der Waals surface area (Å²) in [5, 5.41) is 5.05. The number of carbonyl (C=O) groups is 1. The van der Waals surface area contributed by atoms with Crippen LogP contribution < -0.4 is 5.56 Å². The molecule has 0 aliphatic carbocycles. The Morgan fingerprint density at radius 3 is 2.70 bits per heavy atom. The third-order valence-corrected chi connectivity index (χ3v) is 4.49. The molecule has 0 radical (unpaired) electrons. The zero-order valence-corrected chi connectivity index (χ0v) is 16.4. The fourth-order valence-corrected chi connectivity index (χ4v) is 3.15. The van der Waals surface area contributed by atoms with E-state index in [1.807, 2.05) is 13.8 Å². The van der Waals surface area contributed by atoms with Crippen molar-refractivity contribution in [2.45, 2.75) is 40.3 Å². The molecule has 1 atom stereocenters. The second-order valence-corrected chi connectivity index (χ2v) is 7.20. The van der Waals surface area contributed by atoms with Gasteiger partial charge >= 0.3 is 5.97 Å². The monoisotopic (exact) mass is 388 g/mol. The molecule has 1 N–H and O–H groups in total. The molecule has 0 bridgehead atoms. The number of aromatic amines is 1. The molecule has 0 saturated heterocycles. The zero-order valence-electron chi connectivity index (χ0n) is 15.6. The van der Waals surface area contributed by atoms with Crippen LogP contribution in [0.4, 0.5) is 0 Å². The minimum absolute atomic E-state index is 0.229.